The number of carbonyl (C=O) groups excluding carboxylic acids is 2. The lowest BCUT2D eigenvalue weighted by molar-refractivity contribution is -0.156. The van der Waals surface area contributed by atoms with Crippen molar-refractivity contribution >= 4 is 11.8 Å². The van der Waals surface area contributed by atoms with Gasteiger partial charge < -0.3 is 4.74 Å². The summed E-state index contributed by atoms with van der Waals surface area (Å²) in [6, 6.07) is 0. The van der Waals surface area contributed by atoms with E-state index in [1.54, 1.807) is 6.08 Å². The Kier molecular flexibility index (Phi) is 3.56. The summed E-state index contributed by atoms with van der Waals surface area (Å²) in [5.41, 5.74) is 1.53. The summed E-state index contributed by atoms with van der Waals surface area (Å²) < 4.78 is 5.70. The SMILES string of the molecule is CC(=O)O[C@H]1CC[C@@H]2[C@H]3CCC4=CC(=O)C=C[C@]4(C)[C@@H]3CC[C@@]12C. The summed E-state index contributed by atoms with van der Waals surface area (Å²) in [6.45, 7) is 6.22. The second kappa shape index (κ2) is 5.31. The van der Waals surface area contributed by atoms with Crippen LogP contribution >= 0.6 is 0 Å². The molecular weight excluding hydrogens is 300 g/mol. The lowest BCUT2D eigenvalue weighted by atomic mass is 9.48. The monoisotopic (exact) mass is 328 g/mol. The summed E-state index contributed by atoms with van der Waals surface area (Å²) in [5.74, 6) is 1.96. The van der Waals surface area contributed by atoms with Crippen molar-refractivity contribution in [3.05, 3.63) is 23.8 Å². The number of allylic oxidation sites excluding steroid dienone is 4. The first-order chi connectivity index (χ1) is 11.3. The molecule has 0 bridgehead atoms. The summed E-state index contributed by atoms with van der Waals surface area (Å²) in [6.07, 6.45) is 12.6. The zero-order valence-corrected chi connectivity index (χ0v) is 15.0. The van der Waals surface area contributed by atoms with Crippen LogP contribution in [0.25, 0.3) is 0 Å². The highest BCUT2D eigenvalue weighted by atomic mass is 16.5. The molecule has 24 heavy (non-hydrogen) atoms. The molecule has 130 valence electrons. The molecule has 3 nitrogen and oxygen atoms in total. The minimum Gasteiger partial charge on any atom is -0.462 e. The summed E-state index contributed by atoms with van der Waals surface area (Å²) >= 11 is 0. The molecule has 0 saturated heterocycles. The van der Waals surface area contributed by atoms with Crippen LogP contribution in [-0.4, -0.2) is 17.9 Å². The normalized spacial score (nSPS) is 46.6. The number of esters is 1. The lowest BCUT2D eigenvalue weighted by Crippen LogP contribution is -2.50. The van der Waals surface area contributed by atoms with Crippen molar-refractivity contribution in [3.8, 4) is 0 Å². The maximum absolute atomic E-state index is 11.8. The highest BCUT2D eigenvalue weighted by Gasteiger charge is 2.59. The minimum absolute atomic E-state index is 0.0533. The van der Waals surface area contributed by atoms with Gasteiger partial charge in [0.25, 0.3) is 0 Å². The van der Waals surface area contributed by atoms with Gasteiger partial charge in [0.2, 0.25) is 0 Å². The largest absolute Gasteiger partial charge is 0.462 e. The maximum Gasteiger partial charge on any atom is 0.302 e. The predicted molar refractivity (Wildman–Crippen MR) is 92.2 cm³/mol. The van der Waals surface area contributed by atoms with Gasteiger partial charge in [0.1, 0.15) is 6.10 Å². The van der Waals surface area contributed by atoms with Crippen LogP contribution in [-0.2, 0) is 14.3 Å². The molecule has 0 spiro atoms. The maximum atomic E-state index is 11.8. The molecule has 0 N–H and O–H groups in total. The van der Waals surface area contributed by atoms with Gasteiger partial charge in [-0.2, -0.15) is 0 Å². The van der Waals surface area contributed by atoms with E-state index in [0.29, 0.717) is 17.8 Å². The van der Waals surface area contributed by atoms with Crippen LogP contribution < -0.4 is 0 Å². The number of ketones is 1. The molecule has 3 heteroatoms. The molecule has 0 heterocycles. The lowest BCUT2D eigenvalue weighted by Gasteiger charge is -2.56. The molecule has 3 saturated carbocycles. The molecule has 0 aromatic carbocycles. The van der Waals surface area contributed by atoms with E-state index in [1.165, 1.54) is 31.8 Å². The summed E-state index contributed by atoms with van der Waals surface area (Å²) in [4.78, 5) is 23.3. The topological polar surface area (TPSA) is 43.4 Å². The van der Waals surface area contributed by atoms with E-state index in [9.17, 15) is 9.59 Å². The average molecular weight is 328 g/mol. The third-order valence-electron chi connectivity index (χ3n) is 7.78. The van der Waals surface area contributed by atoms with Gasteiger partial charge in [0.05, 0.1) is 0 Å². The van der Waals surface area contributed by atoms with Crippen LogP contribution in [0.15, 0.2) is 23.8 Å². The number of ether oxygens (including phenoxy) is 1. The van der Waals surface area contributed by atoms with Crippen molar-refractivity contribution in [2.75, 3.05) is 0 Å². The number of rotatable bonds is 1. The number of carbonyl (C=O) groups is 2. The van der Waals surface area contributed by atoms with Crippen molar-refractivity contribution in [2.45, 2.75) is 65.4 Å². The Balaban J connectivity index is 1.63. The van der Waals surface area contributed by atoms with E-state index in [0.717, 1.165) is 19.3 Å². The number of fused-ring (bicyclic) bond motifs is 5. The van der Waals surface area contributed by atoms with Crippen molar-refractivity contribution in [2.24, 2.45) is 28.6 Å². The second-order valence-electron chi connectivity index (χ2n) is 8.82. The van der Waals surface area contributed by atoms with Gasteiger partial charge in [-0.05, 0) is 68.4 Å². The Bertz CT molecular complexity index is 645. The minimum atomic E-state index is -0.140. The first-order valence-corrected chi connectivity index (χ1v) is 9.46. The van der Waals surface area contributed by atoms with Gasteiger partial charge in [0.15, 0.2) is 5.78 Å². The number of hydrogen-bond acceptors (Lipinski definition) is 3. The molecule has 0 unspecified atom stereocenters. The molecular formula is C21H28O3. The van der Waals surface area contributed by atoms with Gasteiger partial charge in [-0.1, -0.05) is 25.5 Å². The Morgan fingerprint density at radius 3 is 2.71 bits per heavy atom. The molecule has 0 amide bonds. The second-order valence-corrected chi connectivity index (χ2v) is 8.82. The quantitative estimate of drug-likeness (QED) is 0.677. The molecule has 4 aliphatic carbocycles. The van der Waals surface area contributed by atoms with Gasteiger partial charge >= 0.3 is 5.97 Å². The van der Waals surface area contributed by atoms with Crippen molar-refractivity contribution in [3.63, 3.8) is 0 Å². The molecule has 0 radical (unpaired) electrons. The molecule has 4 rings (SSSR count). The standard InChI is InChI=1S/C21H28O3/c1-13(22)24-19-7-6-17-16-5-4-14-12-15(23)8-10-20(14,2)18(16)9-11-21(17,19)3/h8,10,12,16-19H,4-7,9,11H2,1-3H3/t16-,17-,18-,19+,20+,21-/m1/s1. The van der Waals surface area contributed by atoms with E-state index in [2.05, 4.69) is 19.9 Å². The van der Waals surface area contributed by atoms with Gasteiger partial charge in [0, 0.05) is 17.8 Å². The first-order valence-electron chi connectivity index (χ1n) is 9.46. The van der Waals surface area contributed by atoms with Crippen molar-refractivity contribution < 1.29 is 14.3 Å². The molecule has 0 aromatic heterocycles. The third-order valence-corrected chi connectivity index (χ3v) is 7.78. The molecule has 3 fully saturated rings. The first kappa shape index (κ1) is 16.1. The Hall–Kier alpha value is -1.38. The molecule has 4 aliphatic rings. The van der Waals surface area contributed by atoms with E-state index in [4.69, 9.17) is 4.74 Å². The fourth-order valence-corrected chi connectivity index (χ4v) is 6.54. The van der Waals surface area contributed by atoms with Gasteiger partial charge in [-0.15, -0.1) is 0 Å². The van der Waals surface area contributed by atoms with Crippen LogP contribution in [0.3, 0.4) is 0 Å². The van der Waals surface area contributed by atoms with Gasteiger partial charge in [-0.3, -0.25) is 9.59 Å². The zero-order chi connectivity index (χ0) is 17.1. The molecule has 0 aromatic rings. The number of hydrogen-bond donors (Lipinski definition) is 0. The molecule has 0 aliphatic heterocycles. The Morgan fingerprint density at radius 2 is 1.96 bits per heavy atom. The Labute approximate surface area is 144 Å². The third kappa shape index (κ3) is 2.16. The summed E-state index contributed by atoms with van der Waals surface area (Å²) in [7, 11) is 0. The highest BCUT2D eigenvalue weighted by molar-refractivity contribution is 6.01. The van der Waals surface area contributed by atoms with Crippen LogP contribution in [0.4, 0.5) is 0 Å². The van der Waals surface area contributed by atoms with Crippen molar-refractivity contribution in [1.82, 2.24) is 0 Å². The summed E-state index contributed by atoms with van der Waals surface area (Å²) in [5, 5.41) is 0. The van der Waals surface area contributed by atoms with Crippen LogP contribution in [0.5, 0.6) is 0 Å². The van der Waals surface area contributed by atoms with E-state index >= 15 is 0 Å². The Morgan fingerprint density at radius 1 is 1.17 bits per heavy atom. The van der Waals surface area contributed by atoms with Crippen molar-refractivity contribution in [1.29, 1.82) is 0 Å². The van der Waals surface area contributed by atoms with E-state index < -0.39 is 0 Å². The molecule has 6 atom stereocenters. The van der Waals surface area contributed by atoms with Crippen LogP contribution in [0.1, 0.15) is 59.3 Å². The zero-order valence-electron chi connectivity index (χ0n) is 15.0. The predicted octanol–water partition coefficient (Wildman–Crippen LogP) is 4.23. The smallest absolute Gasteiger partial charge is 0.302 e. The van der Waals surface area contributed by atoms with Gasteiger partial charge in [-0.25, -0.2) is 0 Å². The van der Waals surface area contributed by atoms with E-state index in [1.807, 2.05) is 6.08 Å². The van der Waals surface area contributed by atoms with E-state index in [-0.39, 0.29) is 28.7 Å². The average Bonchev–Trinajstić information content (AvgIpc) is 2.84. The fourth-order valence-electron chi connectivity index (χ4n) is 6.54. The highest BCUT2D eigenvalue weighted by Crippen LogP contribution is 2.64. The van der Waals surface area contributed by atoms with Crippen LogP contribution in [0, 0.1) is 28.6 Å². The fraction of sp³-hybridized carbons (Fsp3) is 0.714. The van der Waals surface area contributed by atoms with Crippen LogP contribution in [0.2, 0.25) is 0 Å².